The summed E-state index contributed by atoms with van der Waals surface area (Å²) in [5.41, 5.74) is 0.510. The zero-order valence-electron chi connectivity index (χ0n) is 18.6. The molecule has 0 atom stereocenters. The van der Waals surface area contributed by atoms with E-state index in [2.05, 4.69) is 25.8 Å². The maximum atomic E-state index is 14.4. The number of hydrogen-bond donors (Lipinski definition) is 2. The van der Waals surface area contributed by atoms with E-state index in [1.807, 2.05) is 0 Å². The van der Waals surface area contributed by atoms with Crippen LogP contribution in [0.2, 0.25) is 0 Å². The van der Waals surface area contributed by atoms with Crippen LogP contribution in [0.3, 0.4) is 0 Å². The first-order valence-electron chi connectivity index (χ1n) is 11.2. The molecule has 1 fully saturated rings. The van der Waals surface area contributed by atoms with Crippen LogP contribution < -0.4 is 15.4 Å². The van der Waals surface area contributed by atoms with Gasteiger partial charge in [0.05, 0.1) is 18.5 Å². The minimum absolute atomic E-state index is 0.0436. The molecule has 1 amide bonds. The first-order valence-corrected chi connectivity index (χ1v) is 12.1. The molecule has 0 radical (unpaired) electrons. The Kier molecular flexibility index (Phi) is 6.52. The Morgan fingerprint density at radius 2 is 2.06 bits per heavy atom. The lowest BCUT2D eigenvalue weighted by molar-refractivity contribution is -0.139. The van der Waals surface area contributed by atoms with Gasteiger partial charge in [-0.15, -0.1) is 11.3 Å². The number of hydrogen-bond acceptors (Lipinski definition) is 7. The van der Waals surface area contributed by atoms with E-state index in [1.54, 1.807) is 17.5 Å². The van der Waals surface area contributed by atoms with Gasteiger partial charge in [-0.25, -0.2) is 4.98 Å². The average molecular weight is 502 g/mol. The zero-order chi connectivity index (χ0) is 24.4. The number of nitrogens with one attached hydrogen (secondary N) is 2. The molecule has 2 aromatic heterocycles. The van der Waals surface area contributed by atoms with E-state index in [1.165, 1.54) is 35.9 Å². The highest BCUT2D eigenvalue weighted by Gasteiger charge is 2.40. The molecule has 0 spiro atoms. The summed E-state index contributed by atoms with van der Waals surface area (Å²) in [7, 11) is 0. The molecular formula is C24H22F3N5O2S. The summed E-state index contributed by atoms with van der Waals surface area (Å²) >= 11 is 1.24. The molecule has 1 saturated carbocycles. The number of anilines is 1. The number of benzene rings is 1. The van der Waals surface area contributed by atoms with Gasteiger partial charge >= 0.3 is 6.18 Å². The third-order valence-corrected chi connectivity index (χ3v) is 6.89. The van der Waals surface area contributed by atoms with Crippen molar-refractivity contribution in [2.24, 2.45) is 0 Å². The van der Waals surface area contributed by atoms with E-state index < -0.39 is 17.6 Å². The van der Waals surface area contributed by atoms with Crippen LogP contribution in [-0.2, 0) is 6.18 Å². The minimum atomic E-state index is -4.66. The van der Waals surface area contributed by atoms with Crippen LogP contribution in [0.5, 0.6) is 5.75 Å². The number of rotatable bonds is 6. The van der Waals surface area contributed by atoms with Crippen molar-refractivity contribution < 1.29 is 22.7 Å². The fraction of sp³-hybridized carbons (Fsp3) is 0.333. The van der Waals surface area contributed by atoms with Crippen molar-refractivity contribution in [3.63, 3.8) is 0 Å². The molecule has 182 valence electrons. The highest BCUT2D eigenvalue weighted by Crippen LogP contribution is 2.46. The molecule has 1 aliphatic heterocycles. The quantitative estimate of drug-likeness (QED) is 0.484. The topological polar surface area (TPSA) is 89.0 Å². The number of thiazole rings is 1. The lowest BCUT2D eigenvalue weighted by atomic mass is 9.91. The molecule has 3 aromatic rings. The number of carbonyl (C=O) groups is 1. The average Bonchev–Trinajstić information content (AvgIpc) is 3.33. The number of amides is 1. The molecule has 35 heavy (non-hydrogen) atoms. The molecule has 11 heteroatoms. The van der Waals surface area contributed by atoms with Gasteiger partial charge in [0.15, 0.2) is 0 Å². The summed E-state index contributed by atoms with van der Waals surface area (Å²) in [6.07, 6.45) is 2.69. The van der Waals surface area contributed by atoms with Crippen LogP contribution >= 0.6 is 11.3 Å². The number of alkyl halides is 3. The summed E-state index contributed by atoms with van der Waals surface area (Å²) in [6, 6.07) is 4.50. The smallest absolute Gasteiger partial charge is 0.420 e. The van der Waals surface area contributed by atoms with E-state index >= 15 is 0 Å². The summed E-state index contributed by atoms with van der Waals surface area (Å²) in [5, 5.41) is 15.4. The van der Waals surface area contributed by atoms with Gasteiger partial charge in [-0.2, -0.15) is 23.4 Å². The predicted octanol–water partition coefficient (Wildman–Crippen LogP) is 5.18. The largest absolute Gasteiger partial charge is 0.490 e. The third-order valence-electron chi connectivity index (χ3n) is 6.00. The Bertz CT molecular complexity index is 1260. The van der Waals surface area contributed by atoms with Crippen LogP contribution in [0.1, 0.15) is 47.3 Å². The van der Waals surface area contributed by atoms with Crippen molar-refractivity contribution in [2.45, 2.75) is 38.0 Å². The van der Waals surface area contributed by atoms with Crippen LogP contribution in [0.4, 0.5) is 18.9 Å². The maximum Gasteiger partial charge on any atom is 0.420 e. The van der Waals surface area contributed by atoms with Crippen LogP contribution in [0.15, 0.2) is 42.0 Å². The van der Waals surface area contributed by atoms with Crippen LogP contribution in [0.25, 0.3) is 16.1 Å². The van der Waals surface area contributed by atoms with Gasteiger partial charge in [-0.1, -0.05) is 6.08 Å². The van der Waals surface area contributed by atoms with Crippen molar-refractivity contribution in [1.82, 2.24) is 20.5 Å². The van der Waals surface area contributed by atoms with E-state index in [4.69, 9.17) is 4.74 Å². The van der Waals surface area contributed by atoms with E-state index in [-0.39, 0.29) is 28.8 Å². The van der Waals surface area contributed by atoms with Gasteiger partial charge in [-0.3, -0.25) is 4.79 Å². The number of halogens is 3. The number of nitrogens with zero attached hydrogens (tertiary/aromatic N) is 3. The Morgan fingerprint density at radius 3 is 2.71 bits per heavy atom. The summed E-state index contributed by atoms with van der Waals surface area (Å²) in [5.74, 6) is -0.790. The molecule has 5 rings (SSSR count). The summed E-state index contributed by atoms with van der Waals surface area (Å²) in [4.78, 5) is 17.4. The maximum absolute atomic E-state index is 14.4. The molecule has 1 aromatic carbocycles. The predicted molar refractivity (Wildman–Crippen MR) is 126 cm³/mol. The van der Waals surface area contributed by atoms with E-state index in [0.717, 1.165) is 19.3 Å². The lowest BCUT2D eigenvalue weighted by Gasteiger charge is -2.30. The van der Waals surface area contributed by atoms with Gasteiger partial charge in [0.2, 0.25) is 0 Å². The van der Waals surface area contributed by atoms with Gasteiger partial charge in [0.1, 0.15) is 22.0 Å². The monoisotopic (exact) mass is 501 g/mol. The lowest BCUT2D eigenvalue weighted by Crippen LogP contribution is -2.27. The van der Waals surface area contributed by atoms with E-state index in [0.29, 0.717) is 35.7 Å². The molecule has 2 aliphatic rings. The first-order chi connectivity index (χ1) is 16.9. The second kappa shape index (κ2) is 9.74. The van der Waals surface area contributed by atoms with Crippen molar-refractivity contribution in [3.8, 4) is 16.3 Å². The molecule has 0 unspecified atom stereocenters. The summed E-state index contributed by atoms with van der Waals surface area (Å²) in [6.45, 7) is 0.989. The second-order valence-electron chi connectivity index (χ2n) is 8.34. The minimum Gasteiger partial charge on any atom is -0.490 e. The Labute approximate surface area is 203 Å². The molecule has 1 aliphatic carbocycles. The Morgan fingerprint density at radius 1 is 1.20 bits per heavy atom. The highest BCUT2D eigenvalue weighted by atomic mass is 32.1. The Balaban J connectivity index is 1.52. The SMILES string of the molecule is O=C(Nc1ccc(OC2CCC2)c(C(F)(F)F)c1C1=CCNCC1)c1csc(-c2ccnnc2)n1. The zero-order valence-corrected chi connectivity index (χ0v) is 19.4. The normalized spacial score (nSPS) is 16.4. The van der Waals surface area contributed by atoms with Crippen LogP contribution in [-0.4, -0.2) is 40.3 Å². The van der Waals surface area contributed by atoms with Crippen molar-refractivity contribution >= 4 is 28.5 Å². The first kappa shape index (κ1) is 23.4. The molecule has 0 bridgehead atoms. The van der Waals surface area contributed by atoms with Crippen molar-refractivity contribution in [2.75, 3.05) is 18.4 Å². The Hall–Kier alpha value is -3.31. The second-order valence-corrected chi connectivity index (χ2v) is 9.19. The van der Waals surface area contributed by atoms with Crippen molar-refractivity contribution in [1.29, 1.82) is 0 Å². The fourth-order valence-electron chi connectivity index (χ4n) is 4.03. The molecule has 2 N–H and O–H groups in total. The molecule has 7 nitrogen and oxygen atoms in total. The number of ether oxygens (including phenoxy) is 1. The summed E-state index contributed by atoms with van der Waals surface area (Å²) < 4.78 is 49.0. The van der Waals surface area contributed by atoms with Gasteiger partial charge < -0.3 is 15.4 Å². The third kappa shape index (κ3) is 5.06. The van der Waals surface area contributed by atoms with Gasteiger partial charge in [0, 0.05) is 28.7 Å². The standard InChI is InChI=1S/C24H22F3N5O2S/c25-24(26,27)21-19(34-16-2-1-3-16)5-4-17(20(21)14-6-9-28-10-7-14)31-22(33)18-13-35-23(32-18)15-8-11-29-30-12-15/h4-6,8,11-13,16,28H,1-3,7,9-10H2,(H,31,33). The number of carbonyl (C=O) groups excluding carboxylic acids is 1. The van der Waals surface area contributed by atoms with Crippen molar-refractivity contribution in [3.05, 3.63) is 58.9 Å². The van der Waals surface area contributed by atoms with Gasteiger partial charge in [-0.05, 0) is 56.0 Å². The van der Waals surface area contributed by atoms with Gasteiger partial charge in [0.25, 0.3) is 5.91 Å². The number of aromatic nitrogens is 3. The molecule has 3 heterocycles. The molecule has 0 saturated heterocycles. The highest BCUT2D eigenvalue weighted by molar-refractivity contribution is 7.13. The fourth-order valence-corrected chi connectivity index (χ4v) is 4.82. The van der Waals surface area contributed by atoms with E-state index in [9.17, 15) is 18.0 Å². The van der Waals surface area contributed by atoms with Crippen LogP contribution in [0, 0.1) is 0 Å². The molecular weight excluding hydrogens is 479 g/mol.